The summed E-state index contributed by atoms with van der Waals surface area (Å²) in [7, 11) is 0. The van der Waals surface area contributed by atoms with Crippen LogP contribution in [0.25, 0.3) is 0 Å². The number of para-hydroxylation sites is 1. The highest BCUT2D eigenvalue weighted by Gasteiger charge is 2.38. The van der Waals surface area contributed by atoms with Gasteiger partial charge in [0.2, 0.25) is 5.91 Å². The SMILES string of the molecule is CCCCCCCN(C(=O)C(CC(C)C)NC(=O)OC(C)(C)C)C(C(=O)Nc1c(C)cccc1C)c1c(C)cccc1C. The Morgan fingerprint density at radius 1 is 0.837 bits per heavy atom. The molecule has 0 saturated carbocycles. The Kier molecular flexibility index (Phi) is 13.7. The smallest absolute Gasteiger partial charge is 0.408 e. The third-order valence-electron chi connectivity index (χ3n) is 7.59. The molecule has 43 heavy (non-hydrogen) atoms. The highest BCUT2D eigenvalue weighted by molar-refractivity contribution is 6.00. The molecule has 0 aromatic heterocycles. The highest BCUT2D eigenvalue weighted by atomic mass is 16.6. The monoisotopic (exact) mass is 593 g/mol. The van der Waals surface area contributed by atoms with Crippen molar-refractivity contribution in [3.63, 3.8) is 0 Å². The van der Waals surface area contributed by atoms with Crippen LogP contribution in [-0.4, -0.2) is 41.0 Å². The predicted octanol–water partition coefficient (Wildman–Crippen LogP) is 8.34. The zero-order chi connectivity index (χ0) is 32.3. The minimum atomic E-state index is -0.881. The standard InChI is InChI=1S/C36H55N3O4/c1-11-12-13-14-15-22-39(34(41)29(23-24(2)3)37-35(42)43-36(8,9)10)32(30-25(4)18-16-19-26(30)5)33(40)38-31-27(6)20-17-21-28(31)7/h16-21,24,29,32H,11-15,22-23H2,1-10H3,(H,37,42)(H,38,40). The lowest BCUT2D eigenvalue weighted by Crippen LogP contribution is -2.53. The van der Waals surface area contributed by atoms with Crippen LogP contribution in [-0.2, 0) is 14.3 Å². The fourth-order valence-electron chi connectivity index (χ4n) is 5.49. The van der Waals surface area contributed by atoms with Crippen molar-refractivity contribution in [2.45, 2.75) is 125 Å². The summed E-state index contributed by atoms with van der Waals surface area (Å²) in [6, 6.07) is 10.1. The van der Waals surface area contributed by atoms with Crippen LogP contribution in [0.3, 0.4) is 0 Å². The Bertz CT molecular complexity index is 1190. The number of nitrogens with one attached hydrogen (secondary N) is 2. The maximum Gasteiger partial charge on any atom is 0.408 e. The van der Waals surface area contributed by atoms with Crippen molar-refractivity contribution >= 4 is 23.6 Å². The quantitative estimate of drug-likeness (QED) is 0.216. The number of anilines is 1. The van der Waals surface area contributed by atoms with Gasteiger partial charge in [-0.2, -0.15) is 0 Å². The second-order valence-corrected chi connectivity index (χ2v) is 13.2. The molecule has 2 aromatic rings. The van der Waals surface area contributed by atoms with Gasteiger partial charge >= 0.3 is 6.09 Å². The molecule has 0 aliphatic rings. The van der Waals surface area contributed by atoms with E-state index < -0.39 is 23.8 Å². The van der Waals surface area contributed by atoms with Gasteiger partial charge in [-0.3, -0.25) is 9.59 Å². The fourth-order valence-corrected chi connectivity index (χ4v) is 5.49. The average molecular weight is 594 g/mol. The molecular weight excluding hydrogens is 538 g/mol. The lowest BCUT2D eigenvalue weighted by atomic mass is 9.92. The summed E-state index contributed by atoms with van der Waals surface area (Å²) in [5.74, 6) is -0.422. The van der Waals surface area contributed by atoms with Crippen LogP contribution in [0.5, 0.6) is 0 Å². The molecule has 7 heteroatoms. The number of unbranched alkanes of at least 4 members (excludes halogenated alkanes) is 4. The first kappa shape index (κ1) is 35.8. The number of carbonyl (C=O) groups excluding carboxylic acids is 3. The molecule has 0 saturated heterocycles. The van der Waals surface area contributed by atoms with Gasteiger partial charge in [0, 0.05) is 12.2 Å². The molecule has 3 amide bonds. The molecule has 2 rings (SSSR count). The molecule has 0 heterocycles. The molecule has 2 aromatic carbocycles. The van der Waals surface area contributed by atoms with Crippen LogP contribution in [0, 0.1) is 33.6 Å². The summed E-state index contributed by atoms with van der Waals surface area (Å²) in [4.78, 5) is 43.7. The van der Waals surface area contributed by atoms with E-state index in [1.807, 2.05) is 77.9 Å². The summed E-state index contributed by atoms with van der Waals surface area (Å²) < 4.78 is 5.54. The zero-order valence-corrected chi connectivity index (χ0v) is 28.2. The minimum absolute atomic E-state index is 0.123. The van der Waals surface area contributed by atoms with Crippen molar-refractivity contribution in [2.75, 3.05) is 11.9 Å². The highest BCUT2D eigenvalue weighted by Crippen LogP contribution is 2.32. The number of nitrogens with zero attached hydrogens (tertiary/aromatic N) is 1. The van der Waals surface area contributed by atoms with Crippen LogP contribution in [0.4, 0.5) is 10.5 Å². The van der Waals surface area contributed by atoms with Crippen molar-refractivity contribution < 1.29 is 19.1 Å². The number of amides is 3. The molecular formula is C36H55N3O4. The maximum absolute atomic E-state index is 14.6. The summed E-state index contributed by atoms with van der Waals surface area (Å²) in [6.45, 7) is 19.9. The van der Waals surface area contributed by atoms with E-state index in [9.17, 15) is 14.4 Å². The van der Waals surface area contributed by atoms with Gasteiger partial charge in [0.15, 0.2) is 0 Å². The lowest BCUT2D eigenvalue weighted by Gasteiger charge is -2.36. The van der Waals surface area contributed by atoms with Crippen LogP contribution >= 0.6 is 0 Å². The maximum atomic E-state index is 14.6. The number of benzene rings is 2. The molecule has 238 valence electrons. The van der Waals surface area contributed by atoms with E-state index in [1.54, 1.807) is 25.7 Å². The normalized spacial score (nSPS) is 12.9. The van der Waals surface area contributed by atoms with Gasteiger partial charge in [0.25, 0.3) is 5.91 Å². The second-order valence-electron chi connectivity index (χ2n) is 13.2. The first-order chi connectivity index (χ1) is 20.2. The second kappa shape index (κ2) is 16.5. The molecule has 7 nitrogen and oxygen atoms in total. The number of ether oxygens (including phenoxy) is 1. The van der Waals surface area contributed by atoms with E-state index in [0.717, 1.165) is 65.6 Å². The zero-order valence-electron chi connectivity index (χ0n) is 28.2. The molecule has 0 aliphatic heterocycles. The van der Waals surface area contributed by atoms with E-state index in [2.05, 4.69) is 17.6 Å². The summed E-state index contributed by atoms with van der Waals surface area (Å²) >= 11 is 0. The Morgan fingerprint density at radius 2 is 1.37 bits per heavy atom. The van der Waals surface area contributed by atoms with Gasteiger partial charge in [0.05, 0.1) is 0 Å². The summed E-state index contributed by atoms with van der Waals surface area (Å²) in [5.41, 5.74) is 4.64. The van der Waals surface area contributed by atoms with Crippen molar-refractivity contribution in [1.82, 2.24) is 10.2 Å². The molecule has 0 spiro atoms. The third-order valence-corrected chi connectivity index (χ3v) is 7.59. The van der Waals surface area contributed by atoms with E-state index in [4.69, 9.17) is 4.74 Å². The largest absolute Gasteiger partial charge is 0.444 e. The van der Waals surface area contributed by atoms with Gasteiger partial charge in [-0.05, 0) is 95.0 Å². The average Bonchev–Trinajstić information content (AvgIpc) is 2.89. The Hall–Kier alpha value is -3.35. The fraction of sp³-hybridized carbons (Fsp3) is 0.583. The molecule has 0 bridgehead atoms. The number of rotatable bonds is 14. The number of alkyl carbamates (subject to hydrolysis) is 1. The topological polar surface area (TPSA) is 87.7 Å². The van der Waals surface area contributed by atoms with Gasteiger partial charge in [-0.1, -0.05) is 82.9 Å². The number of aryl methyl sites for hydroxylation is 4. The van der Waals surface area contributed by atoms with E-state index >= 15 is 0 Å². The van der Waals surface area contributed by atoms with Gasteiger partial charge in [-0.25, -0.2) is 4.79 Å². The number of hydrogen-bond acceptors (Lipinski definition) is 4. The van der Waals surface area contributed by atoms with E-state index in [1.165, 1.54) is 0 Å². The lowest BCUT2D eigenvalue weighted by molar-refractivity contribution is -0.141. The molecule has 2 atom stereocenters. The predicted molar refractivity (Wildman–Crippen MR) is 176 cm³/mol. The van der Waals surface area contributed by atoms with Crippen LogP contribution < -0.4 is 10.6 Å². The van der Waals surface area contributed by atoms with Crippen molar-refractivity contribution in [2.24, 2.45) is 5.92 Å². The Morgan fingerprint density at radius 3 is 1.88 bits per heavy atom. The van der Waals surface area contributed by atoms with Crippen molar-refractivity contribution in [1.29, 1.82) is 0 Å². The first-order valence-electron chi connectivity index (χ1n) is 15.9. The molecule has 2 unspecified atom stereocenters. The molecule has 0 aliphatic carbocycles. The van der Waals surface area contributed by atoms with Gasteiger partial charge < -0.3 is 20.3 Å². The van der Waals surface area contributed by atoms with Crippen molar-refractivity contribution in [3.05, 3.63) is 64.2 Å². The molecule has 0 radical (unpaired) electrons. The Labute approximate surface area is 260 Å². The van der Waals surface area contributed by atoms with Gasteiger partial charge in [0.1, 0.15) is 17.7 Å². The van der Waals surface area contributed by atoms with E-state index in [0.29, 0.717) is 13.0 Å². The Balaban J connectivity index is 2.65. The van der Waals surface area contributed by atoms with Crippen LogP contribution in [0.1, 0.15) is 114 Å². The van der Waals surface area contributed by atoms with Crippen LogP contribution in [0.2, 0.25) is 0 Å². The summed E-state index contributed by atoms with van der Waals surface area (Å²) in [5, 5.41) is 6.04. The number of hydrogen-bond donors (Lipinski definition) is 2. The summed E-state index contributed by atoms with van der Waals surface area (Å²) in [6.07, 6.45) is 4.78. The first-order valence-corrected chi connectivity index (χ1v) is 15.9. The molecule has 2 N–H and O–H groups in total. The van der Waals surface area contributed by atoms with Crippen molar-refractivity contribution in [3.8, 4) is 0 Å². The third kappa shape index (κ3) is 11.0. The molecule has 0 fully saturated rings. The minimum Gasteiger partial charge on any atom is -0.444 e. The van der Waals surface area contributed by atoms with Crippen LogP contribution in [0.15, 0.2) is 36.4 Å². The van der Waals surface area contributed by atoms with E-state index in [-0.39, 0.29) is 17.7 Å². The van der Waals surface area contributed by atoms with Gasteiger partial charge in [-0.15, -0.1) is 0 Å². The number of carbonyl (C=O) groups is 3.